The minimum absolute atomic E-state index is 0.135. The second-order valence-corrected chi connectivity index (χ2v) is 5.81. The lowest BCUT2D eigenvalue weighted by atomic mass is 9.87. The molecule has 0 heterocycles. The van der Waals surface area contributed by atoms with Crippen LogP contribution in [-0.4, -0.2) is 23.9 Å². The lowest BCUT2D eigenvalue weighted by Crippen LogP contribution is -2.43. The summed E-state index contributed by atoms with van der Waals surface area (Å²) in [7, 11) is 1.57. The SMILES string of the molecule is CC(N(C)C(=O)c1cc(F)cc(N)c1F)C(C)(C)C. The number of amides is 1. The van der Waals surface area contributed by atoms with Gasteiger partial charge >= 0.3 is 0 Å². The smallest absolute Gasteiger partial charge is 0.257 e. The molecule has 3 nitrogen and oxygen atoms in total. The standard InChI is InChI=1S/C14H20F2N2O/c1-8(14(2,3)4)18(5)13(19)10-6-9(15)7-11(17)12(10)16/h6-8H,17H2,1-5H3. The molecule has 0 bridgehead atoms. The van der Waals surface area contributed by atoms with Crippen LogP contribution >= 0.6 is 0 Å². The predicted molar refractivity (Wildman–Crippen MR) is 71.8 cm³/mol. The van der Waals surface area contributed by atoms with Gasteiger partial charge in [-0.3, -0.25) is 4.79 Å². The van der Waals surface area contributed by atoms with Gasteiger partial charge in [0, 0.05) is 13.1 Å². The van der Waals surface area contributed by atoms with Crippen LogP contribution in [0.15, 0.2) is 12.1 Å². The molecule has 1 unspecified atom stereocenters. The number of nitrogens with zero attached hydrogens (tertiary/aromatic N) is 1. The van der Waals surface area contributed by atoms with E-state index >= 15 is 0 Å². The number of benzene rings is 1. The number of anilines is 1. The van der Waals surface area contributed by atoms with Crippen molar-refractivity contribution in [2.45, 2.75) is 33.7 Å². The maximum Gasteiger partial charge on any atom is 0.257 e. The van der Waals surface area contributed by atoms with Gasteiger partial charge in [-0.15, -0.1) is 0 Å². The van der Waals surface area contributed by atoms with Gasteiger partial charge in [0.2, 0.25) is 0 Å². The Labute approximate surface area is 112 Å². The van der Waals surface area contributed by atoms with E-state index in [0.717, 1.165) is 12.1 Å². The van der Waals surface area contributed by atoms with E-state index in [9.17, 15) is 13.6 Å². The van der Waals surface area contributed by atoms with Crippen LogP contribution in [0.3, 0.4) is 0 Å². The summed E-state index contributed by atoms with van der Waals surface area (Å²) >= 11 is 0. The van der Waals surface area contributed by atoms with E-state index in [-0.39, 0.29) is 22.7 Å². The molecule has 0 spiro atoms. The van der Waals surface area contributed by atoms with E-state index in [0.29, 0.717) is 0 Å². The van der Waals surface area contributed by atoms with Gasteiger partial charge in [0.05, 0.1) is 11.3 Å². The highest BCUT2D eigenvalue weighted by molar-refractivity contribution is 5.95. The Bertz CT molecular complexity index is 495. The molecule has 0 saturated heterocycles. The highest BCUT2D eigenvalue weighted by Gasteiger charge is 2.29. The second-order valence-electron chi connectivity index (χ2n) is 5.81. The Morgan fingerprint density at radius 3 is 2.32 bits per heavy atom. The Morgan fingerprint density at radius 1 is 1.32 bits per heavy atom. The van der Waals surface area contributed by atoms with E-state index in [2.05, 4.69) is 0 Å². The van der Waals surface area contributed by atoms with Crippen LogP contribution in [0.4, 0.5) is 14.5 Å². The van der Waals surface area contributed by atoms with Crippen molar-refractivity contribution in [2.24, 2.45) is 5.41 Å². The summed E-state index contributed by atoms with van der Waals surface area (Å²) in [5.74, 6) is -2.18. The molecule has 2 N–H and O–H groups in total. The molecular formula is C14H20F2N2O. The number of rotatable bonds is 2. The van der Waals surface area contributed by atoms with Crippen molar-refractivity contribution in [1.29, 1.82) is 0 Å². The molecule has 1 aromatic carbocycles. The van der Waals surface area contributed by atoms with Crippen LogP contribution in [0.25, 0.3) is 0 Å². The van der Waals surface area contributed by atoms with Crippen molar-refractivity contribution < 1.29 is 13.6 Å². The summed E-state index contributed by atoms with van der Waals surface area (Å²) in [4.78, 5) is 13.6. The van der Waals surface area contributed by atoms with Gasteiger partial charge in [-0.1, -0.05) is 20.8 Å². The number of carbonyl (C=O) groups excluding carboxylic acids is 1. The van der Waals surface area contributed by atoms with E-state index in [4.69, 9.17) is 5.73 Å². The number of carbonyl (C=O) groups is 1. The molecule has 0 aliphatic heterocycles. The zero-order valence-corrected chi connectivity index (χ0v) is 11.9. The molecule has 1 amide bonds. The molecule has 1 atom stereocenters. The van der Waals surface area contributed by atoms with Crippen molar-refractivity contribution >= 4 is 11.6 Å². The third-order valence-electron chi connectivity index (χ3n) is 3.45. The fraction of sp³-hybridized carbons (Fsp3) is 0.500. The molecule has 106 valence electrons. The first-order chi connectivity index (χ1) is 8.55. The summed E-state index contributed by atoms with van der Waals surface area (Å²) in [5, 5.41) is 0. The zero-order chi connectivity index (χ0) is 15.0. The molecule has 5 heteroatoms. The van der Waals surface area contributed by atoms with Crippen LogP contribution in [0, 0.1) is 17.0 Å². The van der Waals surface area contributed by atoms with Crippen molar-refractivity contribution in [3.8, 4) is 0 Å². The fourth-order valence-electron chi connectivity index (χ4n) is 1.71. The average molecular weight is 270 g/mol. The third kappa shape index (κ3) is 3.22. The molecule has 0 fully saturated rings. The normalized spacial score (nSPS) is 13.2. The van der Waals surface area contributed by atoms with Gasteiger partial charge in [-0.25, -0.2) is 8.78 Å². The largest absolute Gasteiger partial charge is 0.396 e. The van der Waals surface area contributed by atoms with Gasteiger partial charge < -0.3 is 10.6 Å². The van der Waals surface area contributed by atoms with Crippen molar-refractivity contribution in [3.63, 3.8) is 0 Å². The summed E-state index contributed by atoms with van der Waals surface area (Å²) in [6, 6.07) is 1.60. The van der Waals surface area contributed by atoms with Gasteiger partial charge in [-0.05, 0) is 24.5 Å². The zero-order valence-electron chi connectivity index (χ0n) is 11.9. The van der Waals surface area contributed by atoms with Crippen LogP contribution < -0.4 is 5.73 Å². The van der Waals surface area contributed by atoms with E-state index in [1.54, 1.807) is 7.05 Å². The van der Waals surface area contributed by atoms with Crippen molar-refractivity contribution in [2.75, 3.05) is 12.8 Å². The van der Waals surface area contributed by atoms with E-state index in [1.807, 2.05) is 27.7 Å². The topological polar surface area (TPSA) is 46.3 Å². The van der Waals surface area contributed by atoms with Crippen molar-refractivity contribution in [1.82, 2.24) is 4.90 Å². The molecule has 1 rings (SSSR count). The van der Waals surface area contributed by atoms with Crippen LogP contribution in [0.5, 0.6) is 0 Å². The number of hydrogen-bond acceptors (Lipinski definition) is 2. The second kappa shape index (κ2) is 5.15. The highest BCUT2D eigenvalue weighted by atomic mass is 19.1. The Morgan fingerprint density at radius 2 is 1.84 bits per heavy atom. The number of hydrogen-bond donors (Lipinski definition) is 1. The minimum atomic E-state index is -0.876. The lowest BCUT2D eigenvalue weighted by Gasteiger charge is -2.35. The van der Waals surface area contributed by atoms with Gasteiger partial charge in [0.25, 0.3) is 5.91 Å². The molecule has 0 aliphatic rings. The Balaban J connectivity index is 3.14. The maximum absolute atomic E-state index is 13.8. The van der Waals surface area contributed by atoms with Crippen LogP contribution in [0.2, 0.25) is 0 Å². The molecule has 0 aromatic heterocycles. The molecular weight excluding hydrogens is 250 g/mol. The Hall–Kier alpha value is -1.65. The monoisotopic (exact) mass is 270 g/mol. The van der Waals surface area contributed by atoms with Crippen molar-refractivity contribution in [3.05, 3.63) is 29.3 Å². The lowest BCUT2D eigenvalue weighted by molar-refractivity contribution is 0.0624. The molecule has 1 aromatic rings. The van der Waals surface area contributed by atoms with Gasteiger partial charge in [0.15, 0.2) is 5.82 Å². The highest BCUT2D eigenvalue weighted by Crippen LogP contribution is 2.26. The summed E-state index contributed by atoms with van der Waals surface area (Å²) in [5.41, 5.74) is 4.47. The van der Waals surface area contributed by atoms with Crippen LogP contribution in [-0.2, 0) is 0 Å². The predicted octanol–water partition coefficient (Wildman–Crippen LogP) is 3.05. The molecule has 0 saturated carbocycles. The van der Waals surface area contributed by atoms with E-state index < -0.39 is 17.5 Å². The van der Waals surface area contributed by atoms with Gasteiger partial charge in [0.1, 0.15) is 5.82 Å². The molecule has 0 aliphatic carbocycles. The first-order valence-corrected chi connectivity index (χ1v) is 6.07. The Kier molecular flexibility index (Phi) is 4.18. The average Bonchev–Trinajstić information content (AvgIpc) is 2.29. The fourth-order valence-corrected chi connectivity index (χ4v) is 1.71. The number of halogens is 2. The summed E-state index contributed by atoms with van der Waals surface area (Å²) in [6.45, 7) is 7.77. The summed E-state index contributed by atoms with van der Waals surface area (Å²) < 4.78 is 27.1. The molecule has 19 heavy (non-hydrogen) atoms. The first kappa shape index (κ1) is 15.4. The molecule has 0 radical (unpaired) electrons. The number of nitrogen functional groups attached to an aromatic ring is 1. The first-order valence-electron chi connectivity index (χ1n) is 6.07. The number of nitrogens with two attached hydrogens (primary N) is 1. The van der Waals surface area contributed by atoms with Crippen LogP contribution in [0.1, 0.15) is 38.1 Å². The van der Waals surface area contributed by atoms with E-state index in [1.165, 1.54) is 4.90 Å². The summed E-state index contributed by atoms with van der Waals surface area (Å²) in [6.07, 6.45) is 0. The third-order valence-corrected chi connectivity index (χ3v) is 3.45. The minimum Gasteiger partial charge on any atom is -0.396 e. The quantitative estimate of drug-likeness (QED) is 0.839. The van der Waals surface area contributed by atoms with Gasteiger partial charge in [-0.2, -0.15) is 0 Å². The maximum atomic E-state index is 13.8.